The quantitative estimate of drug-likeness (QED) is 0.456. The van der Waals surface area contributed by atoms with Gasteiger partial charge in [0, 0.05) is 69.8 Å². The van der Waals surface area contributed by atoms with Crippen molar-refractivity contribution < 1.29 is 4.79 Å². The number of amides is 1. The van der Waals surface area contributed by atoms with Gasteiger partial charge in [-0.25, -0.2) is 9.97 Å². The molecule has 0 aliphatic carbocycles. The van der Waals surface area contributed by atoms with Crippen LogP contribution in [0.1, 0.15) is 34.6 Å². The highest BCUT2D eigenvalue weighted by Gasteiger charge is 2.27. The Bertz CT molecular complexity index is 1090. The first-order valence-corrected chi connectivity index (χ1v) is 13.1. The summed E-state index contributed by atoms with van der Waals surface area (Å²) in [7, 11) is 2.21. The van der Waals surface area contributed by atoms with Crippen LogP contribution in [0.3, 0.4) is 0 Å². The molecule has 10 nitrogen and oxygen atoms in total. The molecule has 10 heteroatoms. The first-order chi connectivity index (χ1) is 17.4. The molecule has 3 fully saturated rings. The van der Waals surface area contributed by atoms with Gasteiger partial charge in [-0.3, -0.25) is 9.69 Å². The molecule has 0 spiro atoms. The Kier molecular flexibility index (Phi) is 7.27. The van der Waals surface area contributed by atoms with Crippen LogP contribution in [-0.4, -0.2) is 97.2 Å². The van der Waals surface area contributed by atoms with E-state index >= 15 is 0 Å². The van der Waals surface area contributed by atoms with Crippen molar-refractivity contribution in [3.63, 3.8) is 0 Å². The zero-order valence-corrected chi connectivity index (χ0v) is 21.7. The van der Waals surface area contributed by atoms with Crippen molar-refractivity contribution in [1.82, 2.24) is 25.1 Å². The first kappa shape index (κ1) is 24.7. The number of aryl methyl sites for hydroxylation is 2. The fourth-order valence-electron chi connectivity index (χ4n) is 5.38. The second kappa shape index (κ2) is 10.6. The molecule has 2 aromatic rings. The van der Waals surface area contributed by atoms with Crippen molar-refractivity contribution in [2.75, 3.05) is 74.9 Å². The number of hydrogen-bond donors (Lipinski definition) is 4. The number of piperidine rings is 1. The summed E-state index contributed by atoms with van der Waals surface area (Å²) in [6.45, 7) is 12.6. The standard InChI is InChI=1S/C26H39N9O/c1-17-14-19(30-26-23(24(27)36)29-18(2)25(32-26)31-20-15-28-16-20)4-5-22(17)35-8-6-21(7-9-35)34-12-10-33(3)11-13-34/h4-5,14,20-21,28H,6-13,15-16H2,1-3H3,(H2,27,36)(H2,30,31,32). The predicted molar refractivity (Wildman–Crippen MR) is 144 cm³/mol. The van der Waals surface area contributed by atoms with E-state index in [0.29, 0.717) is 29.4 Å². The fraction of sp³-hybridized carbons (Fsp3) is 0.577. The summed E-state index contributed by atoms with van der Waals surface area (Å²) >= 11 is 0. The first-order valence-electron chi connectivity index (χ1n) is 13.1. The van der Waals surface area contributed by atoms with Crippen LogP contribution in [0.15, 0.2) is 18.2 Å². The third-order valence-electron chi connectivity index (χ3n) is 7.74. The summed E-state index contributed by atoms with van der Waals surface area (Å²) in [6, 6.07) is 7.33. The summed E-state index contributed by atoms with van der Waals surface area (Å²) in [5, 5.41) is 9.92. The minimum Gasteiger partial charge on any atom is -0.371 e. The van der Waals surface area contributed by atoms with Gasteiger partial charge in [0.15, 0.2) is 11.5 Å². The molecule has 0 bridgehead atoms. The average molecular weight is 494 g/mol. The molecule has 1 aromatic carbocycles. The van der Waals surface area contributed by atoms with Crippen LogP contribution in [0.5, 0.6) is 0 Å². The molecule has 4 heterocycles. The lowest BCUT2D eigenvalue weighted by Gasteiger charge is -2.43. The number of nitrogens with zero attached hydrogens (tertiary/aromatic N) is 5. The molecule has 194 valence electrons. The Morgan fingerprint density at radius 3 is 2.36 bits per heavy atom. The minimum absolute atomic E-state index is 0.150. The molecule has 3 saturated heterocycles. The number of benzene rings is 1. The number of carbonyl (C=O) groups excluding carboxylic acids is 1. The third kappa shape index (κ3) is 5.40. The predicted octanol–water partition coefficient (Wildman–Crippen LogP) is 1.54. The van der Waals surface area contributed by atoms with Gasteiger partial charge in [-0.05, 0) is 57.5 Å². The zero-order chi connectivity index (χ0) is 25.2. The molecule has 0 unspecified atom stereocenters. The van der Waals surface area contributed by atoms with Gasteiger partial charge in [0.05, 0.1) is 11.7 Å². The molecule has 1 amide bonds. The maximum absolute atomic E-state index is 12.1. The van der Waals surface area contributed by atoms with Gasteiger partial charge in [0.2, 0.25) is 0 Å². The highest BCUT2D eigenvalue weighted by Crippen LogP contribution is 2.30. The number of likely N-dealkylation sites (N-methyl/N-ethyl adjacent to an activating group) is 1. The molecule has 3 aliphatic heterocycles. The molecule has 0 saturated carbocycles. The van der Waals surface area contributed by atoms with Crippen LogP contribution in [0.2, 0.25) is 0 Å². The van der Waals surface area contributed by atoms with Crippen LogP contribution in [0.4, 0.5) is 23.0 Å². The van der Waals surface area contributed by atoms with Crippen LogP contribution < -0.4 is 26.6 Å². The Balaban J connectivity index is 1.26. The van der Waals surface area contributed by atoms with Gasteiger partial charge in [-0.1, -0.05) is 0 Å². The Morgan fingerprint density at radius 1 is 1.03 bits per heavy atom. The van der Waals surface area contributed by atoms with E-state index in [1.807, 2.05) is 13.0 Å². The maximum atomic E-state index is 12.1. The lowest BCUT2D eigenvalue weighted by atomic mass is 10.0. The molecule has 3 aliphatic rings. The Morgan fingerprint density at radius 2 is 1.75 bits per heavy atom. The molecular weight excluding hydrogens is 454 g/mol. The number of aromatic nitrogens is 2. The maximum Gasteiger partial charge on any atom is 0.271 e. The fourth-order valence-corrected chi connectivity index (χ4v) is 5.38. The van der Waals surface area contributed by atoms with E-state index in [2.05, 4.69) is 66.7 Å². The summed E-state index contributed by atoms with van der Waals surface area (Å²) in [4.78, 5) is 28.8. The lowest BCUT2D eigenvalue weighted by Crippen LogP contribution is -2.52. The number of primary amides is 1. The molecule has 0 atom stereocenters. The van der Waals surface area contributed by atoms with Gasteiger partial charge in [0.25, 0.3) is 5.91 Å². The van der Waals surface area contributed by atoms with Gasteiger partial charge in [-0.2, -0.15) is 0 Å². The van der Waals surface area contributed by atoms with Crippen LogP contribution in [0, 0.1) is 13.8 Å². The van der Waals surface area contributed by atoms with Crippen LogP contribution >= 0.6 is 0 Å². The monoisotopic (exact) mass is 493 g/mol. The zero-order valence-electron chi connectivity index (χ0n) is 21.7. The number of hydrogen-bond acceptors (Lipinski definition) is 9. The van der Waals surface area contributed by atoms with Gasteiger partial charge < -0.3 is 31.5 Å². The highest BCUT2D eigenvalue weighted by atomic mass is 16.1. The van der Waals surface area contributed by atoms with E-state index in [1.54, 1.807) is 0 Å². The van der Waals surface area contributed by atoms with E-state index in [4.69, 9.17) is 5.73 Å². The SMILES string of the molecule is Cc1cc(Nc2nc(NC3CNC3)c(C)nc2C(N)=O)ccc1N1CCC(N2CCN(C)CC2)CC1. The normalized spacial score (nSPS) is 20.2. The van der Waals surface area contributed by atoms with Crippen LogP contribution in [0.25, 0.3) is 0 Å². The van der Waals surface area contributed by atoms with Crippen LogP contribution in [-0.2, 0) is 0 Å². The van der Waals surface area contributed by atoms with Crippen molar-refractivity contribution >= 4 is 28.9 Å². The second-order valence-corrected chi connectivity index (χ2v) is 10.4. The average Bonchev–Trinajstić information content (AvgIpc) is 2.83. The van der Waals surface area contributed by atoms with E-state index in [-0.39, 0.29) is 5.69 Å². The van der Waals surface area contributed by atoms with Crippen molar-refractivity contribution in [2.45, 2.75) is 38.8 Å². The van der Waals surface area contributed by atoms with Crippen molar-refractivity contribution in [3.05, 3.63) is 35.2 Å². The molecule has 5 N–H and O–H groups in total. The van der Waals surface area contributed by atoms with Crippen molar-refractivity contribution in [3.8, 4) is 0 Å². The number of nitrogens with one attached hydrogen (secondary N) is 3. The van der Waals surface area contributed by atoms with Gasteiger partial charge in [-0.15, -0.1) is 0 Å². The minimum atomic E-state index is -0.596. The number of anilines is 4. The van der Waals surface area contributed by atoms with E-state index < -0.39 is 5.91 Å². The lowest BCUT2D eigenvalue weighted by molar-refractivity contribution is 0.0982. The highest BCUT2D eigenvalue weighted by molar-refractivity contribution is 5.96. The van der Waals surface area contributed by atoms with E-state index in [0.717, 1.165) is 31.9 Å². The smallest absolute Gasteiger partial charge is 0.271 e. The molecule has 36 heavy (non-hydrogen) atoms. The summed E-state index contributed by atoms with van der Waals surface area (Å²) in [5.74, 6) is 0.454. The van der Waals surface area contributed by atoms with Gasteiger partial charge in [0.1, 0.15) is 5.82 Å². The second-order valence-electron chi connectivity index (χ2n) is 10.4. The number of piperazine rings is 1. The summed E-state index contributed by atoms with van der Waals surface area (Å²) in [5.41, 5.74) is 9.76. The number of nitrogens with two attached hydrogens (primary N) is 1. The molecular formula is C26H39N9O. The molecule has 5 rings (SSSR count). The third-order valence-corrected chi connectivity index (χ3v) is 7.74. The van der Waals surface area contributed by atoms with E-state index in [9.17, 15) is 4.79 Å². The topological polar surface area (TPSA) is 115 Å². The van der Waals surface area contributed by atoms with Gasteiger partial charge >= 0.3 is 0 Å². The molecule has 1 aromatic heterocycles. The Hall–Kier alpha value is -2.95. The summed E-state index contributed by atoms with van der Waals surface area (Å²) in [6.07, 6.45) is 2.41. The summed E-state index contributed by atoms with van der Waals surface area (Å²) < 4.78 is 0. The number of rotatable bonds is 7. The molecule has 0 radical (unpaired) electrons. The Labute approximate surface area is 213 Å². The van der Waals surface area contributed by atoms with Crippen molar-refractivity contribution in [1.29, 1.82) is 0 Å². The largest absolute Gasteiger partial charge is 0.371 e. The van der Waals surface area contributed by atoms with E-state index in [1.165, 1.54) is 50.3 Å². The van der Waals surface area contributed by atoms with Crippen molar-refractivity contribution in [2.24, 2.45) is 5.73 Å². The number of carbonyl (C=O) groups is 1.